The average molecular weight is 329 g/mol. The summed E-state index contributed by atoms with van der Waals surface area (Å²) in [7, 11) is 6.43. The second-order valence-electron chi connectivity index (χ2n) is 5.20. The van der Waals surface area contributed by atoms with Crippen molar-refractivity contribution >= 4 is 11.9 Å². The van der Waals surface area contributed by atoms with Gasteiger partial charge in [-0.05, 0) is 0 Å². The third kappa shape index (κ3) is 5.87. The Labute approximate surface area is 137 Å². The Bertz CT molecular complexity index is 415. The van der Waals surface area contributed by atoms with Crippen LogP contribution in [-0.2, 0) is 18.9 Å². The number of rotatable bonds is 11. The molecule has 0 saturated carbocycles. The van der Waals surface area contributed by atoms with Gasteiger partial charge in [0.1, 0.15) is 32.7 Å². The van der Waals surface area contributed by atoms with E-state index in [1.165, 1.54) is 0 Å². The van der Waals surface area contributed by atoms with Gasteiger partial charge in [0, 0.05) is 34.4 Å². The van der Waals surface area contributed by atoms with Crippen LogP contribution >= 0.6 is 0 Å². The molecule has 0 radical (unpaired) electrons. The standard InChI is InChI=1S/C14H27N5O4/c1-11(2)12-15-13(18(7-20-3)8-21-4)17-14(16-12)19(9-22-5)10-23-6/h11H,7-10H2,1-6H3. The lowest BCUT2D eigenvalue weighted by Crippen LogP contribution is -2.33. The lowest BCUT2D eigenvalue weighted by atomic mass is 10.2. The van der Waals surface area contributed by atoms with Gasteiger partial charge in [0.15, 0.2) is 0 Å². The van der Waals surface area contributed by atoms with Gasteiger partial charge in [-0.15, -0.1) is 0 Å². The van der Waals surface area contributed by atoms with Crippen LogP contribution in [0.25, 0.3) is 0 Å². The van der Waals surface area contributed by atoms with Gasteiger partial charge in [-0.2, -0.15) is 15.0 Å². The van der Waals surface area contributed by atoms with E-state index < -0.39 is 0 Å². The second kappa shape index (κ2) is 10.3. The summed E-state index contributed by atoms with van der Waals surface area (Å²) in [6.45, 7) is 5.28. The molecular weight excluding hydrogens is 302 g/mol. The quantitative estimate of drug-likeness (QED) is 0.553. The first-order valence-electron chi connectivity index (χ1n) is 7.28. The Morgan fingerprint density at radius 2 is 1.04 bits per heavy atom. The van der Waals surface area contributed by atoms with Crippen molar-refractivity contribution in [1.82, 2.24) is 15.0 Å². The minimum absolute atomic E-state index is 0.148. The van der Waals surface area contributed by atoms with Crippen molar-refractivity contribution in [2.45, 2.75) is 19.8 Å². The Hall–Kier alpha value is -1.55. The monoisotopic (exact) mass is 329 g/mol. The molecule has 0 aliphatic heterocycles. The molecule has 0 saturated heterocycles. The minimum Gasteiger partial charge on any atom is -0.364 e. The average Bonchev–Trinajstić information content (AvgIpc) is 2.54. The van der Waals surface area contributed by atoms with Gasteiger partial charge < -0.3 is 18.9 Å². The summed E-state index contributed by atoms with van der Waals surface area (Å²) < 4.78 is 20.8. The topological polar surface area (TPSA) is 82.1 Å². The number of nitrogens with zero attached hydrogens (tertiary/aromatic N) is 5. The third-order valence-corrected chi connectivity index (χ3v) is 2.85. The van der Waals surface area contributed by atoms with E-state index >= 15 is 0 Å². The van der Waals surface area contributed by atoms with Crippen molar-refractivity contribution in [3.63, 3.8) is 0 Å². The molecule has 0 N–H and O–H groups in total. The zero-order chi connectivity index (χ0) is 17.2. The number of hydrogen-bond donors (Lipinski definition) is 0. The SMILES string of the molecule is COCN(COC)c1nc(C(C)C)nc(N(COC)COC)n1. The fourth-order valence-electron chi connectivity index (χ4n) is 1.84. The molecular formula is C14H27N5O4. The van der Waals surface area contributed by atoms with Crippen molar-refractivity contribution in [2.24, 2.45) is 0 Å². The van der Waals surface area contributed by atoms with E-state index in [2.05, 4.69) is 15.0 Å². The molecule has 1 aromatic rings. The molecule has 9 heteroatoms. The lowest BCUT2D eigenvalue weighted by molar-refractivity contribution is 0.136. The molecule has 0 fully saturated rings. The van der Waals surface area contributed by atoms with Crippen molar-refractivity contribution in [3.05, 3.63) is 5.82 Å². The summed E-state index contributed by atoms with van der Waals surface area (Å²) >= 11 is 0. The molecule has 23 heavy (non-hydrogen) atoms. The van der Waals surface area contributed by atoms with Crippen molar-refractivity contribution < 1.29 is 18.9 Å². The Morgan fingerprint density at radius 3 is 1.30 bits per heavy atom. The minimum atomic E-state index is 0.148. The zero-order valence-electron chi connectivity index (χ0n) is 14.8. The predicted molar refractivity (Wildman–Crippen MR) is 86.4 cm³/mol. The summed E-state index contributed by atoms with van der Waals surface area (Å²) in [5, 5.41) is 0. The summed E-state index contributed by atoms with van der Waals surface area (Å²) in [6.07, 6.45) is 0. The van der Waals surface area contributed by atoms with E-state index in [1.54, 1.807) is 38.2 Å². The molecule has 1 heterocycles. The molecule has 0 aliphatic rings. The first kappa shape index (κ1) is 19.5. The van der Waals surface area contributed by atoms with E-state index in [-0.39, 0.29) is 5.92 Å². The molecule has 0 bridgehead atoms. The fraction of sp³-hybridized carbons (Fsp3) is 0.786. The molecule has 1 aromatic heterocycles. The summed E-state index contributed by atoms with van der Waals surface area (Å²) in [6, 6.07) is 0. The fourth-order valence-corrected chi connectivity index (χ4v) is 1.84. The van der Waals surface area contributed by atoms with Gasteiger partial charge in [-0.1, -0.05) is 13.8 Å². The first-order chi connectivity index (χ1) is 11.1. The number of methoxy groups -OCH3 is 4. The highest BCUT2D eigenvalue weighted by molar-refractivity contribution is 5.38. The molecule has 1 rings (SSSR count). The van der Waals surface area contributed by atoms with Gasteiger partial charge in [0.25, 0.3) is 0 Å². The number of ether oxygens (including phenoxy) is 4. The van der Waals surface area contributed by atoms with Crippen LogP contribution in [0, 0.1) is 0 Å². The lowest BCUT2D eigenvalue weighted by Gasteiger charge is -2.25. The van der Waals surface area contributed by atoms with Crippen LogP contribution in [0.2, 0.25) is 0 Å². The van der Waals surface area contributed by atoms with Gasteiger partial charge in [-0.3, -0.25) is 9.80 Å². The second-order valence-corrected chi connectivity index (χ2v) is 5.20. The third-order valence-electron chi connectivity index (χ3n) is 2.85. The van der Waals surface area contributed by atoms with E-state index in [0.29, 0.717) is 44.6 Å². The van der Waals surface area contributed by atoms with Gasteiger partial charge >= 0.3 is 0 Å². The van der Waals surface area contributed by atoms with Crippen molar-refractivity contribution in [1.29, 1.82) is 0 Å². The van der Waals surface area contributed by atoms with Crippen molar-refractivity contribution in [2.75, 3.05) is 65.2 Å². The Morgan fingerprint density at radius 1 is 0.696 bits per heavy atom. The largest absolute Gasteiger partial charge is 0.364 e. The van der Waals surface area contributed by atoms with Crippen LogP contribution < -0.4 is 9.80 Å². The predicted octanol–water partition coefficient (Wildman–Crippen LogP) is 1.02. The summed E-state index contributed by atoms with van der Waals surface area (Å²) in [5.74, 6) is 1.80. The van der Waals surface area contributed by atoms with Crippen LogP contribution in [0.5, 0.6) is 0 Å². The van der Waals surface area contributed by atoms with Crippen LogP contribution in [0.3, 0.4) is 0 Å². The number of aromatic nitrogens is 3. The molecule has 9 nitrogen and oxygen atoms in total. The van der Waals surface area contributed by atoms with Crippen LogP contribution in [0.15, 0.2) is 0 Å². The highest BCUT2D eigenvalue weighted by Crippen LogP contribution is 2.19. The van der Waals surface area contributed by atoms with E-state index in [1.807, 2.05) is 13.8 Å². The van der Waals surface area contributed by atoms with E-state index in [4.69, 9.17) is 18.9 Å². The highest BCUT2D eigenvalue weighted by atomic mass is 16.5. The molecule has 0 spiro atoms. The summed E-state index contributed by atoms with van der Waals surface area (Å²) in [4.78, 5) is 17.1. The van der Waals surface area contributed by atoms with Gasteiger partial charge in [0.2, 0.25) is 11.9 Å². The molecule has 0 aromatic carbocycles. The van der Waals surface area contributed by atoms with E-state index in [0.717, 1.165) is 0 Å². The highest BCUT2D eigenvalue weighted by Gasteiger charge is 2.18. The maximum Gasteiger partial charge on any atom is 0.234 e. The maximum atomic E-state index is 5.19. The smallest absolute Gasteiger partial charge is 0.234 e. The number of hydrogen-bond acceptors (Lipinski definition) is 9. The normalized spacial score (nSPS) is 11.1. The Balaban J connectivity index is 3.23. The summed E-state index contributed by atoms with van der Waals surface area (Å²) in [5.41, 5.74) is 0. The first-order valence-corrected chi connectivity index (χ1v) is 7.28. The Kier molecular flexibility index (Phi) is 8.70. The van der Waals surface area contributed by atoms with Crippen LogP contribution in [-0.4, -0.2) is 70.3 Å². The van der Waals surface area contributed by atoms with Gasteiger partial charge in [-0.25, -0.2) is 0 Å². The van der Waals surface area contributed by atoms with Crippen molar-refractivity contribution in [3.8, 4) is 0 Å². The molecule has 0 unspecified atom stereocenters. The van der Waals surface area contributed by atoms with Crippen LogP contribution in [0.4, 0.5) is 11.9 Å². The molecule has 0 aliphatic carbocycles. The zero-order valence-corrected chi connectivity index (χ0v) is 14.8. The molecule has 0 atom stereocenters. The van der Waals surface area contributed by atoms with Crippen LogP contribution in [0.1, 0.15) is 25.6 Å². The van der Waals surface area contributed by atoms with Gasteiger partial charge in [0.05, 0.1) is 0 Å². The number of anilines is 2. The molecule has 0 amide bonds. The maximum absolute atomic E-state index is 5.19. The van der Waals surface area contributed by atoms with E-state index in [9.17, 15) is 0 Å². The molecule has 132 valence electrons.